The van der Waals surface area contributed by atoms with Crippen LogP contribution in [0.2, 0.25) is 5.02 Å². The first-order valence-corrected chi connectivity index (χ1v) is 12.1. The number of pyridine rings is 2. The fourth-order valence-electron chi connectivity index (χ4n) is 4.30. The molecule has 6 rings (SSSR count). The third kappa shape index (κ3) is 4.75. The van der Waals surface area contributed by atoms with Crippen molar-refractivity contribution in [2.24, 2.45) is 0 Å². The Balaban J connectivity index is 1.40. The summed E-state index contributed by atoms with van der Waals surface area (Å²) in [4.78, 5) is 8.24. The monoisotopic (exact) mass is 564 g/mol. The van der Waals surface area contributed by atoms with Crippen LogP contribution in [0.3, 0.4) is 0 Å². The first-order chi connectivity index (χ1) is 19.4. The Morgan fingerprint density at radius 3 is 2.55 bits per heavy atom. The largest absolute Gasteiger partial charge is 0.384 e. The molecule has 0 amide bonds. The first kappa shape index (κ1) is 25.2. The number of nitrogens with two attached hydrogens (primary N) is 1. The minimum absolute atomic E-state index is 0.0537. The predicted molar refractivity (Wildman–Crippen MR) is 136 cm³/mol. The van der Waals surface area contributed by atoms with Gasteiger partial charge in [0.2, 0.25) is 5.95 Å². The van der Waals surface area contributed by atoms with Crippen molar-refractivity contribution in [2.75, 3.05) is 5.73 Å². The van der Waals surface area contributed by atoms with Gasteiger partial charge in [-0.1, -0.05) is 22.9 Å². The van der Waals surface area contributed by atoms with E-state index in [1.807, 2.05) is 0 Å². The van der Waals surface area contributed by atoms with Gasteiger partial charge in [0, 0.05) is 29.1 Å². The highest BCUT2D eigenvalue weighted by Crippen LogP contribution is 2.32. The number of hydrogen-bond acceptors (Lipinski definition) is 7. The summed E-state index contributed by atoms with van der Waals surface area (Å²) in [5, 5.41) is 18.4. The number of H-pyrrole nitrogens is 1. The third-order valence-corrected chi connectivity index (χ3v) is 6.48. The van der Waals surface area contributed by atoms with Crippen LogP contribution < -0.4 is 10.4 Å². The van der Waals surface area contributed by atoms with Gasteiger partial charge in [-0.15, -0.1) is 4.68 Å². The average molecular weight is 565 g/mol. The molecule has 0 aliphatic rings. The van der Waals surface area contributed by atoms with Crippen LogP contribution in [0.4, 0.5) is 19.0 Å². The highest BCUT2D eigenvalue weighted by Gasteiger charge is 2.23. The van der Waals surface area contributed by atoms with Gasteiger partial charge in [0.15, 0.2) is 16.8 Å². The van der Waals surface area contributed by atoms with Gasteiger partial charge in [-0.25, -0.2) is 13.8 Å². The number of hydrogen-bond donors (Lipinski definition) is 2. The van der Waals surface area contributed by atoms with Crippen molar-refractivity contribution in [3.05, 3.63) is 102 Å². The molecule has 0 aliphatic carbocycles. The van der Waals surface area contributed by atoms with Crippen molar-refractivity contribution >= 4 is 17.4 Å². The zero-order valence-corrected chi connectivity index (χ0v) is 21.1. The van der Waals surface area contributed by atoms with Crippen molar-refractivity contribution in [3.63, 3.8) is 0 Å². The molecule has 200 valence electrons. The number of nitrogen functional groups attached to an aromatic ring is 1. The van der Waals surface area contributed by atoms with Crippen LogP contribution in [-0.2, 0) is 6.54 Å². The van der Waals surface area contributed by atoms with Crippen LogP contribution in [-0.4, -0.2) is 45.1 Å². The van der Waals surface area contributed by atoms with Gasteiger partial charge in [0.1, 0.15) is 22.6 Å². The van der Waals surface area contributed by atoms with E-state index in [0.717, 1.165) is 6.20 Å². The number of aromatic amines is 1. The van der Waals surface area contributed by atoms with E-state index >= 15 is 4.39 Å². The summed E-state index contributed by atoms with van der Waals surface area (Å²) in [6, 6.07) is 8.82. The Hall–Kier alpha value is -5.11. The van der Waals surface area contributed by atoms with Crippen molar-refractivity contribution in [1.29, 1.82) is 0 Å². The van der Waals surface area contributed by atoms with Gasteiger partial charge in [0.25, 0.3) is 6.33 Å². The van der Waals surface area contributed by atoms with Gasteiger partial charge in [-0.2, -0.15) is 14.6 Å². The van der Waals surface area contributed by atoms with Crippen LogP contribution in [0.15, 0.2) is 73.7 Å². The number of nitrogens with zero attached hydrogens (tertiary/aromatic N) is 9. The summed E-state index contributed by atoms with van der Waals surface area (Å²) in [7, 11) is 0. The maximum Gasteiger partial charge on any atom is 0.293 e. The smallest absolute Gasteiger partial charge is 0.293 e. The molecule has 6 aromatic rings. The zero-order chi connectivity index (χ0) is 27.8. The van der Waals surface area contributed by atoms with E-state index in [1.165, 1.54) is 52.5 Å². The second-order valence-corrected chi connectivity index (χ2v) is 9.12. The highest BCUT2D eigenvalue weighted by atomic mass is 35.5. The molecule has 0 bridgehead atoms. The third-order valence-electron chi connectivity index (χ3n) is 6.19. The lowest BCUT2D eigenvalue weighted by atomic mass is 10.0. The molecule has 0 saturated heterocycles. The predicted octanol–water partition coefficient (Wildman–Crippen LogP) is 3.54. The topological polar surface area (TPSA) is 133 Å². The lowest BCUT2D eigenvalue weighted by Gasteiger charge is -2.18. The Bertz CT molecular complexity index is 1800. The second kappa shape index (κ2) is 10.2. The van der Waals surface area contributed by atoms with Crippen LogP contribution in [0.25, 0.3) is 27.9 Å². The van der Waals surface area contributed by atoms with Gasteiger partial charge in [-0.3, -0.25) is 14.3 Å². The number of anilines is 1. The first-order valence-electron chi connectivity index (χ1n) is 11.7. The van der Waals surface area contributed by atoms with Crippen molar-refractivity contribution in [3.8, 4) is 27.9 Å². The number of tetrazole rings is 1. The number of halogens is 4. The van der Waals surface area contributed by atoms with Crippen molar-refractivity contribution in [1.82, 2.24) is 45.1 Å². The van der Waals surface area contributed by atoms with Crippen LogP contribution in [0, 0.1) is 17.6 Å². The van der Waals surface area contributed by atoms with E-state index in [1.54, 1.807) is 29.1 Å². The number of rotatable bonds is 7. The Morgan fingerprint density at radius 2 is 1.85 bits per heavy atom. The molecule has 0 unspecified atom stereocenters. The van der Waals surface area contributed by atoms with Gasteiger partial charge in [-0.05, 0) is 30.3 Å². The number of nitrogens with one attached hydrogen (secondary N) is 1. The molecule has 0 saturated carbocycles. The molecular weight excluding hydrogens is 547 g/mol. The molecule has 0 spiro atoms. The minimum atomic E-state index is -0.739. The second-order valence-electron chi connectivity index (χ2n) is 8.71. The summed E-state index contributed by atoms with van der Waals surface area (Å²) in [5.74, 6) is -1.83. The van der Waals surface area contributed by atoms with Crippen LogP contribution in [0.1, 0.15) is 11.7 Å². The van der Waals surface area contributed by atoms with E-state index in [4.69, 9.17) is 17.3 Å². The molecule has 0 radical (unpaired) electrons. The standard InChI is InChI=1S/C25H17ClF3N11/c26-18-3-5-20(40-13-32-36-37-40)23(24(18)28)14-1-4-19(31-7-14)21(12-38-11-16(27)9-33-38)39-10-15(8-34-39)17-2-6-22(30)35-25(17)29/h1-11,13,21H,12H2,(H2,30,35)/p+1/t21-/m1/s1. The fourth-order valence-corrected chi connectivity index (χ4v) is 4.46. The van der Waals surface area contributed by atoms with Crippen LogP contribution >= 0.6 is 11.6 Å². The van der Waals surface area contributed by atoms with Gasteiger partial charge in [0.05, 0.1) is 41.4 Å². The van der Waals surface area contributed by atoms with Crippen LogP contribution in [0.5, 0.6) is 0 Å². The van der Waals surface area contributed by atoms with E-state index in [2.05, 4.69) is 35.7 Å². The minimum Gasteiger partial charge on any atom is -0.384 e. The van der Waals surface area contributed by atoms with E-state index < -0.39 is 23.6 Å². The molecule has 15 heteroatoms. The van der Waals surface area contributed by atoms with Gasteiger partial charge >= 0.3 is 0 Å². The lowest BCUT2D eigenvalue weighted by molar-refractivity contribution is -0.659. The molecule has 0 fully saturated rings. The highest BCUT2D eigenvalue weighted by molar-refractivity contribution is 6.31. The molecule has 40 heavy (non-hydrogen) atoms. The van der Waals surface area contributed by atoms with Crippen molar-refractivity contribution < 1.29 is 17.9 Å². The normalized spacial score (nSPS) is 12.1. The van der Waals surface area contributed by atoms with Gasteiger partial charge < -0.3 is 5.73 Å². The Labute approximate surface area is 228 Å². The molecule has 0 aliphatic heterocycles. The number of benzene rings is 1. The van der Waals surface area contributed by atoms with E-state index in [0.29, 0.717) is 22.5 Å². The molecule has 5 heterocycles. The maximum absolute atomic E-state index is 15.2. The number of aromatic nitrogens is 10. The fraction of sp³-hybridized carbons (Fsp3) is 0.0800. The molecule has 1 aromatic carbocycles. The summed E-state index contributed by atoms with van der Waals surface area (Å²) >= 11 is 6.09. The molecule has 3 N–H and O–H groups in total. The summed E-state index contributed by atoms with van der Waals surface area (Å²) in [5.41, 5.74) is 7.77. The lowest BCUT2D eigenvalue weighted by Crippen LogP contribution is -2.33. The quantitative estimate of drug-likeness (QED) is 0.224. The Morgan fingerprint density at radius 1 is 0.975 bits per heavy atom. The molecule has 11 nitrogen and oxygen atoms in total. The summed E-state index contributed by atoms with van der Waals surface area (Å²) in [6.45, 7) is 0.145. The van der Waals surface area contributed by atoms with E-state index in [-0.39, 0.29) is 28.5 Å². The molecular formula is C25H18ClF3N11+. The zero-order valence-electron chi connectivity index (χ0n) is 20.3. The molecule has 5 aromatic heterocycles. The SMILES string of the molecule is Nc1ccc(-c2cnn([C@H](Cn3cc(F)cn3)c3ccc(-c4c(-[n+]5cnn[nH]5)ccc(Cl)c4F)cn3)c2)c(F)n1. The van der Waals surface area contributed by atoms with Crippen molar-refractivity contribution in [2.45, 2.75) is 12.6 Å². The summed E-state index contributed by atoms with van der Waals surface area (Å²) in [6.07, 6.45) is 8.30. The van der Waals surface area contributed by atoms with E-state index in [9.17, 15) is 8.78 Å². The summed E-state index contributed by atoms with van der Waals surface area (Å²) < 4.78 is 47.8. The maximum atomic E-state index is 15.2. The average Bonchev–Trinajstić information content (AvgIpc) is 3.72. The molecule has 1 atom stereocenters. The Kier molecular flexibility index (Phi) is 6.43.